The van der Waals surface area contributed by atoms with Crippen molar-refractivity contribution >= 4 is 61.6 Å². The van der Waals surface area contributed by atoms with Crippen LogP contribution in [0.15, 0.2) is 0 Å². The SMILES string of the molecule is CC(CCC1COC(=O)O1)(COCC1COC(=O)O1)COCC1COC(=O)O1.COCC(C)OCC1COC(=O)O1.O=C1OCC(COCC(COCC2COC(=O)O2)(COCC2COC(=O)O2)COCC2COC(=O)O2)O1.O=C1OCC(COCOCC2COC(=O)O2)O1. The Hall–Kier alpha value is -7.70. The van der Waals surface area contributed by atoms with E-state index in [1.165, 1.54) is 0 Å². The number of hydrogen-bond donors (Lipinski definition) is 0. The van der Waals surface area contributed by atoms with Crippen molar-refractivity contribution in [3.05, 3.63) is 0 Å². The summed E-state index contributed by atoms with van der Waals surface area (Å²) in [7, 11) is 1.61. The maximum absolute atomic E-state index is 11.2. The van der Waals surface area contributed by atoms with Gasteiger partial charge in [0.25, 0.3) is 0 Å². The van der Waals surface area contributed by atoms with Crippen LogP contribution < -0.4 is 0 Å². The molecule has 0 spiro atoms. The van der Waals surface area contributed by atoms with Crippen molar-refractivity contribution in [1.82, 2.24) is 0 Å². The van der Waals surface area contributed by atoms with Gasteiger partial charge in [0, 0.05) is 12.5 Å². The van der Waals surface area contributed by atoms with Crippen LogP contribution in [0.5, 0.6) is 0 Å². The van der Waals surface area contributed by atoms with Gasteiger partial charge in [0.05, 0.1) is 117 Å². The molecule has 40 heteroatoms. The lowest BCUT2D eigenvalue weighted by Gasteiger charge is -2.33. The summed E-state index contributed by atoms with van der Waals surface area (Å²) in [4.78, 5) is 109. The molecule has 10 aliphatic rings. The zero-order valence-electron chi connectivity index (χ0n) is 52.2. The van der Waals surface area contributed by atoms with E-state index >= 15 is 0 Å². The van der Waals surface area contributed by atoms with Crippen LogP contribution in [0.1, 0.15) is 26.7 Å². The van der Waals surface area contributed by atoms with E-state index in [1.54, 1.807) is 7.11 Å². The molecule has 0 amide bonds. The Morgan fingerprint density at radius 2 is 0.547 bits per heavy atom. The summed E-state index contributed by atoms with van der Waals surface area (Å²) in [5.74, 6) is 0. The number of carbonyl (C=O) groups excluding carboxylic acids is 10. The molecule has 11 atom stereocenters. The Morgan fingerprint density at radius 1 is 0.326 bits per heavy atom. The minimum atomic E-state index is -0.931. The van der Waals surface area contributed by atoms with Crippen LogP contribution in [-0.4, -0.2) is 314 Å². The molecule has 0 aromatic rings. The van der Waals surface area contributed by atoms with Gasteiger partial charge < -0.3 is 142 Å². The van der Waals surface area contributed by atoms with E-state index < -0.39 is 121 Å². The van der Waals surface area contributed by atoms with Crippen molar-refractivity contribution < 1.29 is 190 Å². The first-order chi connectivity index (χ1) is 45.8. The first-order valence-corrected chi connectivity index (χ1v) is 29.8. The number of hydrogen-bond acceptors (Lipinski definition) is 40. The molecule has 10 saturated heterocycles. The van der Waals surface area contributed by atoms with Crippen molar-refractivity contribution in [2.45, 2.75) is 93.8 Å². The highest BCUT2D eigenvalue weighted by atomic mass is 16.8. The first-order valence-electron chi connectivity index (χ1n) is 29.8. The van der Waals surface area contributed by atoms with Gasteiger partial charge in [0.2, 0.25) is 0 Å². The molecule has 95 heavy (non-hydrogen) atoms. The van der Waals surface area contributed by atoms with Gasteiger partial charge in [-0.15, -0.1) is 0 Å². The van der Waals surface area contributed by atoms with Crippen molar-refractivity contribution in [2.75, 3.05) is 186 Å². The molecule has 0 aliphatic carbocycles. The van der Waals surface area contributed by atoms with Crippen molar-refractivity contribution in [3.63, 3.8) is 0 Å². The monoisotopic (exact) mass is 1380 g/mol. The number of rotatable bonds is 38. The highest BCUT2D eigenvalue weighted by molar-refractivity contribution is 5.65. The van der Waals surface area contributed by atoms with Gasteiger partial charge in [-0.05, 0) is 19.8 Å². The van der Waals surface area contributed by atoms with Gasteiger partial charge in [-0.25, -0.2) is 47.9 Å². The lowest BCUT2D eigenvalue weighted by Crippen LogP contribution is -2.44. The van der Waals surface area contributed by atoms with Crippen LogP contribution in [-0.2, 0) is 142 Å². The molecule has 10 aliphatic heterocycles. The maximum Gasteiger partial charge on any atom is 0.508 e. The van der Waals surface area contributed by atoms with Gasteiger partial charge >= 0.3 is 61.6 Å². The Labute approximate surface area is 540 Å². The van der Waals surface area contributed by atoms with Crippen molar-refractivity contribution in [3.8, 4) is 0 Å². The minimum absolute atomic E-state index is 0.00398. The smallest absolute Gasteiger partial charge is 0.430 e. The molecular weight excluding hydrogens is 1300 g/mol. The lowest BCUT2D eigenvalue weighted by molar-refractivity contribution is -0.127. The summed E-state index contributed by atoms with van der Waals surface area (Å²) in [5, 5.41) is 0. The van der Waals surface area contributed by atoms with Gasteiger partial charge in [0.15, 0.2) is 54.9 Å². The highest BCUT2D eigenvalue weighted by Crippen LogP contribution is 2.29. The third-order valence-electron chi connectivity index (χ3n) is 13.7. The fourth-order valence-corrected chi connectivity index (χ4v) is 8.95. The van der Waals surface area contributed by atoms with Crippen LogP contribution in [0.3, 0.4) is 0 Å². The molecule has 10 fully saturated rings. The summed E-state index contributed by atoms with van der Waals surface area (Å²) in [6.45, 7) is 7.96. The third-order valence-corrected chi connectivity index (χ3v) is 13.7. The van der Waals surface area contributed by atoms with E-state index in [1.807, 2.05) is 13.8 Å². The first kappa shape index (κ1) is 74.7. The number of ether oxygens (including phenoxy) is 30. The fourth-order valence-electron chi connectivity index (χ4n) is 8.95. The summed E-state index contributed by atoms with van der Waals surface area (Å²) in [6.07, 6.45) is -10.4. The zero-order valence-corrected chi connectivity index (χ0v) is 52.2. The van der Waals surface area contributed by atoms with Crippen LogP contribution in [0.2, 0.25) is 0 Å². The fraction of sp³-hybridized carbons (Fsp3) is 0.818. The number of carbonyl (C=O) groups is 10. The molecule has 0 bridgehead atoms. The maximum atomic E-state index is 11.2. The summed E-state index contributed by atoms with van der Waals surface area (Å²) in [5.41, 5.74) is -1.35. The average Bonchev–Trinajstić information content (AvgIpc) is 1.93. The zero-order chi connectivity index (χ0) is 67.8. The Kier molecular flexibility index (Phi) is 30.9. The average molecular weight is 1380 g/mol. The molecule has 10 heterocycles. The van der Waals surface area contributed by atoms with Crippen molar-refractivity contribution in [2.24, 2.45) is 10.8 Å². The van der Waals surface area contributed by atoms with E-state index in [9.17, 15) is 47.9 Å². The molecule has 0 aromatic heterocycles. The summed E-state index contributed by atoms with van der Waals surface area (Å²) >= 11 is 0. The summed E-state index contributed by atoms with van der Waals surface area (Å²) < 4.78 is 151. The Morgan fingerprint density at radius 3 is 0.779 bits per heavy atom. The van der Waals surface area contributed by atoms with Gasteiger partial charge in [-0.2, -0.15) is 0 Å². The van der Waals surface area contributed by atoms with Gasteiger partial charge in [-0.1, -0.05) is 6.92 Å². The molecule has 538 valence electrons. The minimum Gasteiger partial charge on any atom is -0.430 e. The predicted octanol–water partition coefficient (Wildman–Crippen LogP) is 2.21. The van der Waals surface area contributed by atoms with E-state index in [0.717, 1.165) is 0 Å². The number of cyclic esters (lactones) is 20. The topological polar surface area (TPSA) is 448 Å². The van der Waals surface area contributed by atoms with Gasteiger partial charge in [-0.3, -0.25) is 0 Å². The lowest BCUT2D eigenvalue weighted by atomic mass is 9.86. The van der Waals surface area contributed by atoms with E-state index in [4.69, 9.17) is 128 Å². The molecule has 0 radical (unpaired) electrons. The van der Waals surface area contributed by atoms with E-state index in [-0.39, 0.29) is 170 Å². The normalized spacial score (nSPS) is 27.6. The largest absolute Gasteiger partial charge is 0.508 e. The van der Waals surface area contributed by atoms with Gasteiger partial charge in [0.1, 0.15) is 79.0 Å². The second-order valence-electron chi connectivity index (χ2n) is 22.4. The van der Waals surface area contributed by atoms with E-state index in [2.05, 4.69) is 14.2 Å². The quantitative estimate of drug-likeness (QED) is 0.0370. The molecular formula is C55H78O40. The predicted molar refractivity (Wildman–Crippen MR) is 291 cm³/mol. The Bertz CT molecular complexity index is 2270. The van der Waals surface area contributed by atoms with Crippen LogP contribution >= 0.6 is 0 Å². The molecule has 0 saturated carbocycles. The molecule has 0 N–H and O–H groups in total. The van der Waals surface area contributed by atoms with Crippen LogP contribution in [0.4, 0.5) is 47.9 Å². The number of methoxy groups -OCH3 is 1. The molecule has 40 nitrogen and oxygen atoms in total. The third kappa shape index (κ3) is 28.7. The highest BCUT2D eigenvalue weighted by Gasteiger charge is 2.39. The Balaban J connectivity index is 0.000000193. The van der Waals surface area contributed by atoms with Crippen molar-refractivity contribution in [1.29, 1.82) is 0 Å². The molecule has 11 unspecified atom stereocenters. The summed E-state index contributed by atoms with van der Waals surface area (Å²) in [6, 6.07) is 0. The van der Waals surface area contributed by atoms with Crippen LogP contribution in [0.25, 0.3) is 0 Å². The van der Waals surface area contributed by atoms with Crippen LogP contribution in [0, 0.1) is 10.8 Å². The second kappa shape index (κ2) is 39.4. The second-order valence-corrected chi connectivity index (χ2v) is 22.4. The molecule has 10 rings (SSSR count). The van der Waals surface area contributed by atoms with E-state index in [0.29, 0.717) is 39.3 Å². The standard InChI is InChI=1S/C21H28O16.C17H24O11.C9H12O8.C8H14O5/c22-17-30-5-13(34-17)1-26-9-21(10-27-2-14-6-31-18(23)35-14,11-28-3-15-7-32-19(24)36-15)12-29-4-16-8-33-20(25)37-16;1-17(3-2-11-6-23-14(18)26-11,9-21-4-12-7-24-15(19)27-12)10-22-5-13-8-25-16(20)28-13;10-8-14-3-6(16-8)1-12-5-13-2-7-4-15-9(11)17-7;1-6(3-10-2)11-4-7-5-12-8(9)13-7/h13-16H,1-12H2;11-13H,2-10H2,1H3;6-7H,1-5H2;6-7H,3-5H2,1-2H3. The molecule has 0 aromatic carbocycles.